The van der Waals surface area contributed by atoms with Gasteiger partial charge in [0.15, 0.2) is 5.78 Å². The fraction of sp³-hybridized carbons (Fsp3) is 0.133. The van der Waals surface area contributed by atoms with Gasteiger partial charge in [-0.15, -0.1) is 0 Å². The first kappa shape index (κ1) is 11.7. The van der Waals surface area contributed by atoms with Gasteiger partial charge in [0, 0.05) is 5.56 Å². The molecule has 0 unspecified atom stereocenters. The second-order valence-corrected chi connectivity index (χ2v) is 4.04. The van der Waals surface area contributed by atoms with Crippen molar-refractivity contribution in [1.82, 2.24) is 0 Å². The maximum Gasteiger partial charge on any atom is 0.159 e. The van der Waals surface area contributed by atoms with E-state index in [1.807, 2.05) is 31.1 Å². The first-order chi connectivity index (χ1) is 8.20. The number of hydrogen-bond donors (Lipinski definition) is 0. The second kappa shape index (κ2) is 5.00. The Hall–Kier alpha value is -1.83. The number of ketones is 1. The van der Waals surface area contributed by atoms with Crippen LogP contribution in [0.15, 0.2) is 48.5 Å². The average molecular weight is 221 g/mol. The summed E-state index contributed by atoms with van der Waals surface area (Å²) in [6, 6.07) is 16.1. The third kappa shape index (κ3) is 2.65. The van der Waals surface area contributed by atoms with Crippen LogP contribution in [-0.4, -0.2) is 13.1 Å². The van der Waals surface area contributed by atoms with Gasteiger partial charge in [-0.1, -0.05) is 60.8 Å². The van der Waals surface area contributed by atoms with Gasteiger partial charge in [0.05, 0.1) is 0 Å². The molecule has 0 atom stereocenters. The molecule has 83 valence electrons. The lowest BCUT2D eigenvalue weighted by Crippen LogP contribution is -2.08. The van der Waals surface area contributed by atoms with Crippen LogP contribution in [0.4, 0.5) is 0 Å². The number of carbonyl (C=O) groups excluding carboxylic acids is 1. The van der Waals surface area contributed by atoms with Gasteiger partial charge in [-0.25, -0.2) is 0 Å². The Bertz CT molecular complexity index is 512. The highest BCUT2D eigenvalue weighted by Gasteiger charge is 2.01. The molecule has 0 amide bonds. The predicted octanol–water partition coefficient (Wildman–Crippen LogP) is 2.93. The van der Waals surface area contributed by atoms with Crippen LogP contribution in [0.5, 0.6) is 0 Å². The van der Waals surface area contributed by atoms with E-state index in [1.54, 1.807) is 6.92 Å². The lowest BCUT2D eigenvalue weighted by Gasteiger charge is -2.04. The number of benzene rings is 2. The van der Waals surface area contributed by atoms with Crippen LogP contribution in [0.1, 0.15) is 17.3 Å². The quantitative estimate of drug-likeness (QED) is 0.575. The minimum absolute atomic E-state index is 0.104. The molecule has 1 radical (unpaired) electrons. The molecule has 0 N–H and O–H groups in total. The van der Waals surface area contributed by atoms with E-state index in [9.17, 15) is 4.79 Å². The van der Waals surface area contributed by atoms with Crippen LogP contribution in [-0.2, 0) is 0 Å². The second-order valence-electron chi connectivity index (χ2n) is 4.04. The Morgan fingerprint density at radius 2 is 1.35 bits per heavy atom. The smallest absolute Gasteiger partial charge is 0.159 e. The molecular weight excluding hydrogens is 207 g/mol. The summed E-state index contributed by atoms with van der Waals surface area (Å²) in [5, 5.41) is 0. The summed E-state index contributed by atoms with van der Waals surface area (Å²) in [7, 11) is 2.07. The zero-order valence-electron chi connectivity index (χ0n) is 10.1. The Morgan fingerprint density at radius 1 is 0.882 bits per heavy atom. The van der Waals surface area contributed by atoms with Gasteiger partial charge in [0.25, 0.3) is 0 Å². The number of hydrogen-bond acceptors (Lipinski definition) is 1. The monoisotopic (exact) mass is 221 g/mol. The molecule has 0 heterocycles. The molecule has 0 aliphatic heterocycles. The summed E-state index contributed by atoms with van der Waals surface area (Å²) in [6.45, 7) is 3.61. The molecule has 0 fully saturated rings. The van der Waals surface area contributed by atoms with Gasteiger partial charge in [0.2, 0.25) is 0 Å². The van der Waals surface area contributed by atoms with E-state index in [2.05, 4.69) is 31.5 Å². The van der Waals surface area contributed by atoms with E-state index in [0.29, 0.717) is 0 Å². The minimum Gasteiger partial charge on any atom is -0.295 e. The van der Waals surface area contributed by atoms with Gasteiger partial charge >= 0.3 is 0 Å². The minimum atomic E-state index is 0.104. The molecule has 2 heteroatoms. The van der Waals surface area contributed by atoms with E-state index >= 15 is 0 Å². The SMILES string of the molecule is C[B]c1ccc(-c2ccc(C(C)=O)cc2)cc1. The predicted molar refractivity (Wildman–Crippen MR) is 73.1 cm³/mol. The van der Waals surface area contributed by atoms with E-state index in [0.717, 1.165) is 11.1 Å². The van der Waals surface area contributed by atoms with Crippen LogP contribution in [0, 0.1) is 0 Å². The molecule has 2 rings (SSSR count). The molecule has 0 aliphatic carbocycles. The summed E-state index contributed by atoms with van der Waals surface area (Å²) < 4.78 is 0. The van der Waals surface area contributed by atoms with Crippen molar-refractivity contribution in [1.29, 1.82) is 0 Å². The highest BCUT2D eigenvalue weighted by atomic mass is 16.1. The Morgan fingerprint density at radius 3 is 1.76 bits per heavy atom. The van der Waals surface area contributed by atoms with Crippen molar-refractivity contribution in [3.63, 3.8) is 0 Å². The fourth-order valence-corrected chi connectivity index (χ4v) is 1.77. The molecule has 2 aromatic rings. The van der Waals surface area contributed by atoms with Crippen molar-refractivity contribution in [3.8, 4) is 11.1 Å². The first-order valence-corrected chi connectivity index (χ1v) is 5.71. The van der Waals surface area contributed by atoms with E-state index in [-0.39, 0.29) is 5.78 Å². The van der Waals surface area contributed by atoms with Crippen molar-refractivity contribution >= 4 is 18.5 Å². The molecular formula is C15H14BO. The summed E-state index contributed by atoms with van der Waals surface area (Å²) in [6.07, 6.45) is 0. The van der Waals surface area contributed by atoms with Crippen molar-refractivity contribution in [2.45, 2.75) is 13.7 Å². The highest BCUT2D eigenvalue weighted by Crippen LogP contribution is 2.18. The van der Waals surface area contributed by atoms with Crippen molar-refractivity contribution in [2.75, 3.05) is 0 Å². The Kier molecular flexibility index (Phi) is 3.43. The average Bonchev–Trinajstić information content (AvgIpc) is 2.39. The van der Waals surface area contributed by atoms with Gasteiger partial charge in [-0.3, -0.25) is 4.79 Å². The standard InChI is InChI=1S/C15H14BO/c1-11(17)12-3-5-13(6-4-12)14-7-9-15(16-2)10-8-14/h3-10H,1-2H3. The summed E-state index contributed by atoms with van der Waals surface area (Å²) in [4.78, 5) is 11.2. The first-order valence-electron chi connectivity index (χ1n) is 5.71. The molecule has 2 aromatic carbocycles. The summed E-state index contributed by atoms with van der Waals surface area (Å²) >= 11 is 0. The number of rotatable bonds is 3. The molecule has 0 spiro atoms. The van der Waals surface area contributed by atoms with Gasteiger partial charge in [-0.2, -0.15) is 0 Å². The zero-order valence-corrected chi connectivity index (χ0v) is 10.1. The Labute approximate surface area is 103 Å². The van der Waals surface area contributed by atoms with E-state index in [1.165, 1.54) is 11.0 Å². The molecule has 1 nitrogen and oxygen atoms in total. The van der Waals surface area contributed by atoms with Gasteiger partial charge in [0.1, 0.15) is 7.28 Å². The van der Waals surface area contributed by atoms with Crippen LogP contribution in [0.2, 0.25) is 6.82 Å². The summed E-state index contributed by atoms with van der Waals surface area (Å²) in [5.41, 5.74) is 4.28. The molecule has 0 saturated heterocycles. The van der Waals surface area contributed by atoms with Crippen molar-refractivity contribution < 1.29 is 4.79 Å². The molecule has 0 bridgehead atoms. The van der Waals surface area contributed by atoms with Gasteiger partial charge < -0.3 is 0 Å². The van der Waals surface area contributed by atoms with Crippen LogP contribution < -0.4 is 5.46 Å². The largest absolute Gasteiger partial charge is 0.295 e. The van der Waals surface area contributed by atoms with E-state index < -0.39 is 0 Å². The highest BCUT2D eigenvalue weighted by molar-refractivity contribution is 6.51. The lowest BCUT2D eigenvalue weighted by atomic mass is 9.73. The molecule has 0 aromatic heterocycles. The number of Topliss-reactive ketones (excluding diaryl/α,β-unsaturated/α-hetero) is 1. The zero-order chi connectivity index (χ0) is 12.3. The lowest BCUT2D eigenvalue weighted by molar-refractivity contribution is 0.101. The third-order valence-corrected chi connectivity index (χ3v) is 2.87. The Balaban J connectivity index is 2.29. The maximum absolute atomic E-state index is 11.2. The topological polar surface area (TPSA) is 17.1 Å². The molecule has 0 saturated carbocycles. The third-order valence-electron chi connectivity index (χ3n) is 2.87. The molecule has 0 aliphatic rings. The van der Waals surface area contributed by atoms with Crippen LogP contribution in [0.3, 0.4) is 0 Å². The van der Waals surface area contributed by atoms with Crippen molar-refractivity contribution in [3.05, 3.63) is 54.1 Å². The maximum atomic E-state index is 11.2. The summed E-state index contributed by atoms with van der Waals surface area (Å²) in [5.74, 6) is 0.104. The van der Waals surface area contributed by atoms with Crippen LogP contribution in [0.25, 0.3) is 11.1 Å². The van der Waals surface area contributed by atoms with Gasteiger partial charge in [-0.05, 0) is 18.1 Å². The van der Waals surface area contributed by atoms with Crippen molar-refractivity contribution in [2.24, 2.45) is 0 Å². The number of carbonyl (C=O) groups is 1. The fourth-order valence-electron chi connectivity index (χ4n) is 1.77. The molecule has 17 heavy (non-hydrogen) atoms. The van der Waals surface area contributed by atoms with Crippen LogP contribution >= 0.6 is 0 Å². The van der Waals surface area contributed by atoms with E-state index in [4.69, 9.17) is 0 Å². The normalized spacial score (nSPS) is 10.0.